The number of hydrogen-bond donors (Lipinski definition) is 0. The van der Waals surface area contributed by atoms with Crippen LogP contribution in [0.5, 0.6) is 0 Å². The van der Waals surface area contributed by atoms with Gasteiger partial charge in [0.25, 0.3) is 0 Å². The van der Waals surface area contributed by atoms with Gasteiger partial charge in [0.1, 0.15) is 0 Å². The Labute approximate surface area is 84.4 Å². The quantitative estimate of drug-likeness (QED) is 0.558. The summed E-state index contributed by atoms with van der Waals surface area (Å²) >= 11 is 0. The molecule has 0 bridgehead atoms. The van der Waals surface area contributed by atoms with E-state index < -0.39 is 0 Å². The second kappa shape index (κ2) is 2.74. The molecule has 3 rings (SSSR count). The molecule has 1 nitrogen and oxygen atoms in total. The van der Waals surface area contributed by atoms with E-state index in [0.29, 0.717) is 12.0 Å². The highest BCUT2D eigenvalue weighted by atomic mass is 15.1. The second-order valence-electron chi connectivity index (χ2n) is 4.01. The molecule has 0 aromatic heterocycles. The Balaban J connectivity index is 2.16. The Morgan fingerprint density at radius 1 is 1.14 bits per heavy atom. The van der Waals surface area contributed by atoms with Crippen molar-refractivity contribution in [2.24, 2.45) is 5.92 Å². The average molecular weight is 183 g/mol. The summed E-state index contributed by atoms with van der Waals surface area (Å²) in [5, 5.41) is 0. The van der Waals surface area contributed by atoms with Gasteiger partial charge in [-0.05, 0) is 23.1 Å². The van der Waals surface area contributed by atoms with Crippen molar-refractivity contribution >= 4 is 0 Å². The van der Waals surface area contributed by atoms with Crippen LogP contribution < -0.4 is 0 Å². The zero-order chi connectivity index (χ0) is 9.54. The minimum absolute atomic E-state index is 0.463. The Hall–Kier alpha value is -1.50. The largest absolute Gasteiger partial charge is 0.343 e. The van der Waals surface area contributed by atoms with Crippen molar-refractivity contribution in [2.75, 3.05) is 0 Å². The van der Waals surface area contributed by atoms with E-state index in [1.165, 1.54) is 11.1 Å². The molecule has 1 aliphatic carbocycles. The molecule has 0 aromatic carbocycles. The van der Waals surface area contributed by atoms with Crippen molar-refractivity contribution in [3.63, 3.8) is 0 Å². The Bertz CT molecular complexity index is 407. The first-order valence-corrected chi connectivity index (χ1v) is 5.08. The normalized spacial score (nSPS) is 32.5. The van der Waals surface area contributed by atoms with Crippen LogP contribution in [-0.2, 0) is 0 Å². The molecule has 1 unspecified atom stereocenters. The highest BCUT2D eigenvalue weighted by Crippen LogP contribution is 2.35. The average Bonchev–Trinajstić information content (AvgIpc) is 2.24. The third kappa shape index (κ3) is 0.955. The molecule has 0 radical (unpaired) electrons. The van der Waals surface area contributed by atoms with E-state index in [1.54, 1.807) is 0 Å². The van der Waals surface area contributed by atoms with Gasteiger partial charge in [0, 0.05) is 12.4 Å². The third-order valence-electron chi connectivity index (χ3n) is 3.13. The van der Waals surface area contributed by atoms with Crippen LogP contribution in [0.15, 0.2) is 60.0 Å². The van der Waals surface area contributed by atoms with Crippen molar-refractivity contribution in [3.8, 4) is 0 Å². The molecule has 0 saturated heterocycles. The Kier molecular flexibility index (Phi) is 1.54. The van der Waals surface area contributed by atoms with Gasteiger partial charge < -0.3 is 4.90 Å². The molecular weight excluding hydrogens is 170 g/mol. The zero-order valence-corrected chi connectivity index (χ0v) is 8.22. The summed E-state index contributed by atoms with van der Waals surface area (Å²) in [6.45, 7) is 2.26. The number of hydrogen-bond acceptors (Lipinski definition) is 1. The van der Waals surface area contributed by atoms with Crippen molar-refractivity contribution in [1.82, 2.24) is 4.90 Å². The lowest BCUT2D eigenvalue weighted by Gasteiger charge is -2.39. The smallest absolute Gasteiger partial charge is 0.0801 e. The molecule has 3 aliphatic rings. The SMILES string of the molecule is C[C@@H]1C=CN2C=CC=C3C=CC=C1C32. The molecule has 0 aromatic rings. The van der Waals surface area contributed by atoms with Crippen LogP contribution in [0.1, 0.15) is 6.92 Å². The fourth-order valence-corrected chi connectivity index (χ4v) is 2.35. The molecule has 0 fully saturated rings. The van der Waals surface area contributed by atoms with Crippen molar-refractivity contribution in [2.45, 2.75) is 13.0 Å². The van der Waals surface area contributed by atoms with E-state index in [4.69, 9.17) is 0 Å². The van der Waals surface area contributed by atoms with Gasteiger partial charge in [-0.3, -0.25) is 0 Å². The minimum Gasteiger partial charge on any atom is -0.343 e. The second-order valence-corrected chi connectivity index (χ2v) is 4.01. The summed E-state index contributed by atoms with van der Waals surface area (Å²) in [6.07, 6.45) is 17.5. The first-order chi connectivity index (χ1) is 6.86. The summed E-state index contributed by atoms with van der Waals surface area (Å²) in [6, 6.07) is 0.463. The zero-order valence-electron chi connectivity index (χ0n) is 8.22. The lowest BCUT2D eigenvalue weighted by molar-refractivity contribution is 0.409. The molecule has 0 N–H and O–H groups in total. The molecule has 2 heterocycles. The van der Waals surface area contributed by atoms with E-state index in [9.17, 15) is 0 Å². The van der Waals surface area contributed by atoms with Gasteiger partial charge in [0.05, 0.1) is 6.04 Å². The van der Waals surface area contributed by atoms with Gasteiger partial charge in [-0.1, -0.05) is 37.3 Å². The maximum absolute atomic E-state index is 2.28. The summed E-state index contributed by atoms with van der Waals surface area (Å²) in [5.74, 6) is 0.566. The van der Waals surface area contributed by atoms with Crippen LogP contribution in [0.25, 0.3) is 0 Å². The fourth-order valence-electron chi connectivity index (χ4n) is 2.35. The number of nitrogens with zero attached hydrogens (tertiary/aromatic N) is 1. The van der Waals surface area contributed by atoms with Crippen LogP contribution >= 0.6 is 0 Å². The van der Waals surface area contributed by atoms with Gasteiger partial charge in [0.2, 0.25) is 0 Å². The van der Waals surface area contributed by atoms with Crippen LogP contribution in [0.2, 0.25) is 0 Å². The molecule has 70 valence electrons. The lowest BCUT2D eigenvalue weighted by atomic mass is 9.82. The number of allylic oxidation sites excluding steroid dienone is 5. The summed E-state index contributed by atoms with van der Waals surface area (Å²) < 4.78 is 0. The molecule has 14 heavy (non-hydrogen) atoms. The predicted molar refractivity (Wildman–Crippen MR) is 58.4 cm³/mol. The van der Waals surface area contributed by atoms with Crippen molar-refractivity contribution < 1.29 is 0 Å². The van der Waals surface area contributed by atoms with Crippen LogP contribution in [0.3, 0.4) is 0 Å². The predicted octanol–water partition coefficient (Wildman–Crippen LogP) is 2.77. The Morgan fingerprint density at radius 3 is 3.00 bits per heavy atom. The first kappa shape index (κ1) is 7.86. The van der Waals surface area contributed by atoms with E-state index >= 15 is 0 Å². The molecule has 0 saturated carbocycles. The van der Waals surface area contributed by atoms with Gasteiger partial charge in [0.15, 0.2) is 0 Å². The minimum atomic E-state index is 0.463. The summed E-state index contributed by atoms with van der Waals surface area (Å²) in [7, 11) is 0. The molecule has 2 aliphatic heterocycles. The van der Waals surface area contributed by atoms with E-state index in [-0.39, 0.29) is 0 Å². The van der Waals surface area contributed by atoms with E-state index in [1.807, 2.05) is 0 Å². The van der Waals surface area contributed by atoms with E-state index in [0.717, 1.165) is 0 Å². The third-order valence-corrected chi connectivity index (χ3v) is 3.13. The maximum atomic E-state index is 2.28. The number of rotatable bonds is 0. The molecule has 0 spiro atoms. The summed E-state index contributed by atoms with van der Waals surface area (Å²) in [4.78, 5) is 2.28. The maximum Gasteiger partial charge on any atom is 0.0801 e. The monoisotopic (exact) mass is 183 g/mol. The van der Waals surface area contributed by atoms with Gasteiger partial charge >= 0.3 is 0 Å². The van der Waals surface area contributed by atoms with Crippen molar-refractivity contribution in [1.29, 1.82) is 0 Å². The van der Waals surface area contributed by atoms with Crippen LogP contribution in [0.4, 0.5) is 0 Å². The highest BCUT2D eigenvalue weighted by Gasteiger charge is 2.30. The van der Waals surface area contributed by atoms with E-state index in [2.05, 4.69) is 60.7 Å². The van der Waals surface area contributed by atoms with Crippen LogP contribution in [-0.4, -0.2) is 10.9 Å². The van der Waals surface area contributed by atoms with Crippen LogP contribution in [0, 0.1) is 5.92 Å². The first-order valence-electron chi connectivity index (χ1n) is 5.08. The Morgan fingerprint density at radius 2 is 2.07 bits per heavy atom. The van der Waals surface area contributed by atoms with Gasteiger partial charge in [-0.15, -0.1) is 0 Å². The lowest BCUT2D eigenvalue weighted by Crippen LogP contribution is -2.37. The van der Waals surface area contributed by atoms with Crippen molar-refractivity contribution in [3.05, 3.63) is 60.0 Å². The topological polar surface area (TPSA) is 3.24 Å². The highest BCUT2D eigenvalue weighted by molar-refractivity contribution is 5.48. The molecule has 2 atom stereocenters. The molecule has 1 heteroatoms. The van der Waals surface area contributed by atoms with Gasteiger partial charge in [-0.2, -0.15) is 0 Å². The molecule has 0 amide bonds. The standard InChI is InChI=1S/C13H13N/c1-10-7-9-14-8-3-5-11-4-2-6-12(10)13(11)14/h2-10,13H,1H3/t10-,13?/m1/s1. The summed E-state index contributed by atoms with van der Waals surface area (Å²) in [5.41, 5.74) is 2.91. The van der Waals surface area contributed by atoms with Gasteiger partial charge in [-0.25, -0.2) is 0 Å². The fraction of sp³-hybridized carbons (Fsp3) is 0.231. The molecular formula is C13H13N.